The first-order valence-electron chi connectivity index (χ1n) is 2.73. The van der Waals surface area contributed by atoms with E-state index in [2.05, 4.69) is 26.2 Å². The maximum absolute atomic E-state index is 4.99. The Morgan fingerprint density at radius 3 is 2.80 bits per heavy atom. The summed E-state index contributed by atoms with van der Waals surface area (Å²) in [7, 11) is 0. The lowest BCUT2D eigenvalue weighted by Gasteiger charge is -1.95. The van der Waals surface area contributed by atoms with E-state index in [1.54, 1.807) is 0 Å². The largest absolute Gasteiger partial charge is 0.343 e. The Bertz CT molecular complexity index is 225. The van der Waals surface area contributed by atoms with Gasteiger partial charge >= 0.3 is 0 Å². The van der Waals surface area contributed by atoms with Gasteiger partial charge in [-0.2, -0.15) is 0 Å². The zero-order valence-electron chi connectivity index (χ0n) is 5.28. The zero-order valence-corrected chi connectivity index (χ0v) is 5.28. The lowest BCUT2D eigenvalue weighted by atomic mass is 10.7. The van der Waals surface area contributed by atoms with Crippen LogP contribution in [0.3, 0.4) is 0 Å². The minimum Gasteiger partial charge on any atom is -0.343 e. The minimum absolute atomic E-state index is 0.435. The number of aromatic nitrogens is 3. The maximum atomic E-state index is 4.99. The smallest absolute Gasteiger partial charge is 0.226 e. The SMILES string of the molecule is C#CCNc1ncncn1. The Kier molecular flexibility index (Phi) is 2.21. The van der Waals surface area contributed by atoms with Gasteiger partial charge in [0.1, 0.15) is 12.7 Å². The first-order chi connectivity index (χ1) is 4.93. The molecular weight excluding hydrogens is 128 g/mol. The summed E-state index contributed by atoms with van der Waals surface area (Å²) in [6.45, 7) is 0.435. The lowest BCUT2D eigenvalue weighted by Crippen LogP contribution is -2.02. The number of hydrogen-bond acceptors (Lipinski definition) is 4. The molecule has 1 aromatic heterocycles. The van der Waals surface area contributed by atoms with Gasteiger partial charge in [0.15, 0.2) is 0 Å². The first-order valence-corrected chi connectivity index (χ1v) is 2.73. The van der Waals surface area contributed by atoms with Crippen LogP contribution in [0.2, 0.25) is 0 Å². The molecule has 1 rings (SSSR count). The molecule has 50 valence electrons. The van der Waals surface area contributed by atoms with Crippen molar-refractivity contribution in [2.24, 2.45) is 0 Å². The third kappa shape index (κ3) is 1.71. The fourth-order valence-corrected chi connectivity index (χ4v) is 0.461. The van der Waals surface area contributed by atoms with Gasteiger partial charge in [0.2, 0.25) is 5.95 Å². The van der Waals surface area contributed by atoms with E-state index in [0.717, 1.165) is 0 Å². The van der Waals surface area contributed by atoms with Gasteiger partial charge in [0.05, 0.1) is 6.54 Å². The number of hydrogen-bond donors (Lipinski definition) is 1. The molecule has 0 bridgehead atoms. The highest BCUT2D eigenvalue weighted by Gasteiger charge is 1.87. The number of terminal acetylenes is 1. The van der Waals surface area contributed by atoms with Gasteiger partial charge in [0.25, 0.3) is 0 Å². The monoisotopic (exact) mass is 134 g/mol. The van der Waals surface area contributed by atoms with Crippen LogP contribution in [0.15, 0.2) is 12.7 Å². The molecule has 0 spiro atoms. The molecule has 0 saturated heterocycles. The summed E-state index contributed by atoms with van der Waals surface area (Å²) in [5, 5.41) is 2.80. The molecule has 0 aliphatic heterocycles. The molecular formula is C6H6N4. The summed E-state index contributed by atoms with van der Waals surface area (Å²) >= 11 is 0. The molecule has 1 N–H and O–H groups in total. The summed E-state index contributed by atoms with van der Waals surface area (Å²) in [6, 6.07) is 0. The second-order valence-electron chi connectivity index (χ2n) is 1.52. The van der Waals surface area contributed by atoms with Crippen molar-refractivity contribution in [2.45, 2.75) is 0 Å². The average molecular weight is 134 g/mol. The van der Waals surface area contributed by atoms with Crippen molar-refractivity contribution in [1.29, 1.82) is 0 Å². The second-order valence-corrected chi connectivity index (χ2v) is 1.52. The number of nitrogens with zero attached hydrogens (tertiary/aromatic N) is 3. The van der Waals surface area contributed by atoms with Gasteiger partial charge in [-0.15, -0.1) is 6.42 Å². The highest BCUT2D eigenvalue weighted by atomic mass is 15.1. The Morgan fingerprint density at radius 2 is 2.20 bits per heavy atom. The summed E-state index contributed by atoms with van der Waals surface area (Å²) in [5.74, 6) is 2.91. The van der Waals surface area contributed by atoms with Crippen LogP contribution in [0, 0.1) is 12.3 Å². The van der Waals surface area contributed by atoms with E-state index in [9.17, 15) is 0 Å². The topological polar surface area (TPSA) is 50.7 Å². The molecule has 10 heavy (non-hydrogen) atoms. The predicted molar refractivity (Wildman–Crippen MR) is 37.1 cm³/mol. The van der Waals surface area contributed by atoms with Crippen LogP contribution in [0.1, 0.15) is 0 Å². The Morgan fingerprint density at radius 1 is 1.50 bits per heavy atom. The van der Waals surface area contributed by atoms with Crippen molar-refractivity contribution in [2.75, 3.05) is 11.9 Å². The average Bonchev–Trinajstić information content (AvgIpc) is 2.03. The number of anilines is 1. The van der Waals surface area contributed by atoms with Gasteiger partial charge in [-0.05, 0) is 0 Å². The van der Waals surface area contributed by atoms with Crippen molar-refractivity contribution >= 4 is 5.95 Å². The van der Waals surface area contributed by atoms with Crippen LogP contribution in [0.5, 0.6) is 0 Å². The lowest BCUT2D eigenvalue weighted by molar-refractivity contribution is 1.03. The van der Waals surface area contributed by atoms with E-state index < -0.39 is 0 Å². The molecule has 0 fully saturated rings. The molecule has 4 heteroatoms. The molecule has 1 heterocycles. The molecule has 4 nitrogen and oxygen atoms in total. The van der Waals surface area contributed by atoms with Crippen molar-refractivity contribution in [3.05, 3.63) is 12.7 Å². The van der Waals surface area contributed by atoms with Crippen LogP contribution < -0.4 is 5.32 Å². The standard InChI is InChI=1S/C6H6N4/c1-2-3-8-6-9-4-7-5-10-6/h1,4-5H,3H2,(H,7,8,9,10). The fraction of sp³-hybridized carbons (Fsp3) is 0.167. The minimum atomic E-state index is 0.435. The molecule has 0 aromatic carbocycles. The Hall–Kier alpha value is -1.63. The normalized spacial score (nSPS) is 8.30. The zero-order chi connectivity index (χ0) is 7.23. The molecule has 0 saturated carbocycles. The Balaban J connectivity index is 2.52. The Labute approximate surface area is 58.7 Å². The summed E-state index contributed by atoms with van der Waals surface area (Å²) in [5.41, 5.74) is 0. The third-order valence-corrected chi connectivity index (χ3v) is 0.842. The van der Waals surface area contributed by atoms with Crippen LogP contribution in [0.25, 0.3) is 0 Å². The van der Waals surface area contributed by atoms with Gasteiger partial charge in [-0.25, -0.2) is 15.0 Å². The predicted octanol–water partition coefficient (Wildman–Crippen LogP) is -0.0833. The van der Waals surface area contributed by atoms with Crippen molar-refractivity contribution in [3.8, 4) is 12.3 Å². The van der Waals surface area contributed by atoms with Crippen molar-refractivity contribution in [3.63, 3.8) is 0 Å². The summed E-state index contributed by atoms with van der Waals surface area (Å²) < 4.78 is 0. The molecule has 0 amide bonds. The molecule has 0 aliphatic rings. The van der Waals surface area contributed by atoms with E-state index in [4.69, 9.17) is 6.42 Å². The maximum Gasteiger partial charge on any atom is 0.226 e. The molecule has 0 radical (unpaired) electrons. The molecule has 0 aliphatic carbocycles. The van der Waals surface area contributed by atoms with E-state index in [-0.39, 0.29) is 0 Å². The van der Waals surface area contributed by atoms with Gasteiger partial charge in [-0.3, -0.25) is 0 Å². The van der Waals surface area contributed by atoms with E-state index >= 15 is 0 Å². The van der Waals surface area contributed by atoms with Crippen LogP contribution in [-0.2, 0) is 0 Å². The van der Waals surface area contributed by atoms with Gasteiger partial charge in [0, 0.05) is 0 Å². The second kappa shape index (κ2) is 3.41. The fourth-order valence-electron chi connectivity index (χ4n) is 0.461. The number of rotatable bonds is 2. The van der Waals surface area contributed by atoms with Crippen LogP contribution >= 0.6 is 0 Å². The van der Waals surface area contributed by atoms with Gasteiger partial charge in [-0.1, -0.05) is 5.92 Å². The van der Waals surface area contributed by atoms with E-state index in [1.165, 1.54) is 12.7 Å². The van der Waals surface area contributed by atoms with Gasteiger partial charge < -0.3 is 5.32 Å². The quantitative estimate of drug-likeness (QED) is 0.574. The van der Waals surface area contributed by atoms with Crippen molar-refractivity contribution < 1.29 is 0 Å². The van der Waals surface area contributed by atoms with Crippen LogP contribution in [0.4, 0.5) is 5.95 Å². The first kappa shape index (κ1) is 6.49. The highest BCUT2D eigenvalue weighted by molar-refractivity contribution is 5.23. The van der Waals surface area contributed by atoms with Crippen LogP contribution in [-0.4, -0.2) is 21.5 Å². The summed E-state index contributed by atoms with van der Waals surface area (Å²) in [4.78, 5) is 11.2. The molecule has 0 unspecified atom stereocenters. The number of nitrogens with one attached hydrogen (secondary N) is 1. The van der Waals surface area contributed by atoms with E-state index in [1.807, 2.05) is 0 Å². The highest BCUT2D eigenvalue weighted by Crippen LogP contribution is 1.88. The summed E-state index contributed by atoms with van der Waals surface area (Å²) in [6.07, 6.45) is 7.81. The molecule has 0 atom stereocenters. The van der Waals surface area contributed by atoms with Crippen molar-refractivity contribution in [1.82, 2.24) is 15.0 Å². The van der Waals surface area contributed by atoms with E-state index in [0.29, 0.717) is 12.5 Å². The molecule has 1 aromatic rings. The third-order valence-electron chi connectivity index (χ3n) is 0.842.